The van der Waals surface area contributed by atoms with Crippen LogP contribution in [0.3, 0.4) is 0 Å². The highest BCUT2D eigenvalue weighted by atomic mass is 31.1. The Bertz CT molecular complexity index is 3360. The van der Waals surface area contributed by atoms with Crippen LogP contribution < -0.4 is 41.4 Å². The fraction of sp³-hybridized carbons (Fsp3) is 0.382. The average Bonchev–Trinajstić information content (AvgIpc) is 1.34. The maximum absolute atomic E-state index is 13.7. The van der Waals surface area contributed by atoms with Gasteiger partial charge in [-0.05, 0) is 112 Å². The summed E-state index contributed by atoms with van der Waals surface area (Å²) in [5.41, 5.74) is 1.49. The van der Waals surface area contributed by atoms with Crippen molar-refractivity contribution in [2.75, 3.05) is 40.0 Å². The van der Waals surface area contributed by atoms with Crippen molar-refractivity contribution in [1.29, 1.82) is 0 Å². The molecule has 6 rings (SSSR count). The van der Waals surface area contributed by atoms with E-state index in [0.717, 1.165) is 35.8 Å². The number of furan rings is 2. The second-order valence-electron chi connectivity index (χ2n) is 21.4. The van der Waals surface area contributed by atoms with E-state index in [1.165, 1.54) is 48.5 Å². The first kappa shape index (κ1) is 74.8. The van der Waals surface area contributed by atoms with Gasteiger partial charge in [0.2, 0.25) is 24.6 Å². The van der Waals surface area contributed by atoms with Crippen LogP contribution in [-0.4, -0.2) is 122 Å². The van der Waals surface area contributed by atoms with Crippen LogP contribution in [0.4, 0.5) is 0 Å². The van der Waals surface area contributed by atoms with Crippen molar-refractivity contribution in [3.05, 3.63) is 155 Å². The van der Waals surface area contributed by atoms with Crippen LogP contribution in [0.25, 0.3) is 22.6 Å². The molecule has 96 heavy (non-hydrogen) atoms. The summed E-state index contributed by atoms with van der Waals surface area (Å²) in [6, 6.07) is 29.7. The molecule has 4 aromatic carbocycles. The molecule has 28 heteroatoms. The Balaban J connectivity index is 0.953. The molecular weight excluding hydrogens is 1260 g/mol. The summed E-state index contributed by atoms with van der Waals surface area (Å²) in [6.45, 7) is 9.56. The lowest BCUT2D eigenvalue weighted by molar-refractivity contribution is -0.171. The molecule has 4 atom stereocenters. The number of carbonyl (C=O) groups excluding carboxylic acids is 10. The van der Waals surface area contributed by atoms with E-state index in [-0.39, 0.29) is 96.2 Å². The monoisotopic (exact) mass is 1350 g/mol. The number of carbonyl (C=O) groups is 10. The number of unbranched alkanes of at least 4 members (excludes halogenated alkanes) is 4. The predicted molar refractivity (Wildman–Crippen MR) is 349 cm³/mol. The van der Waals surface area contributed by atoms with E-state index in [4.69, 9.17) is 37.0 Å². The summed E-state index contributed by atoms with van der Waals surface area (Å²) in [5.74, 6) is -6.08. The second kappa shape index (κ2) is 39.5. The molecule has 6 N–H and O–H groups in total. The third-order valence-electron chi connectivity index (χ3n) is 15.0. The molecule has 0 saturated heterocycles. The summed E-state index contributed by atoms with van der Waals surface area (Å²) < 4.78 is 46.3. The van der Waals surface area contributed by atoms with Crippen molar-refractivity contribution in [3.63, 3.8) is 0 Å². The van der Waals surface area contributed by atoms with Crippen molar-refractivity contribution in [3.8, 4) is 34.1 Å². The van der Waals surface area contributed by atoms with Gasteiger partial charge in [0.15, 0.2) is 25.0 Å². The van der Waals surface area contributed by atoms with Gasteiger partial charge >= 0.3 is 20.2 Å². The van der Waals surface area contributed by atoms with Crippen molar-refractivity contribution in [2.24, 2.45) is 11.8 Å². The third-order valence-corrected chi connectivity index (χ3v) is 15.7. The number of amides is 8. The molecule has 0 saturated carbocycles. The Morgan fingerprint density at radius 3 is 1.23 bits per heavy atom. The molecule has 0 aliphatic heterocycles. The maximum Gasteiger partial charge on any atom is 0.701 e. The minimum Gasteiger partial charge on any atom is -0.493 e. The van der Waals surface area contributed by atoms with Crippen LogP contribution >= 0.6 is 8.25 Å². The molecule has 512 valence electrons. The molecule has 0 spiro atoms. The number of hydrogen-bond acceptors (Lipinski definition) is 19. The van der Waals surface area contributed by atoms with Crippen molar-refractivity contribution in [2.45, 2.75) is 118 Å². The SMILES string of the molecule is CCCCC[C@@H](C(=O)NCNC(=O)c1ccc(-c2ccc(C(=O)NCO[P+](=O)OCNC(=O)c3ccc(-c4ccc(C(=O)NCNC(=O)[C@H](CCCCC)[C@@H](CC)N(C=O)OC(=O)c5ccccc5)o4)cc3OCC)c(OCC)c2)o1)[C@@H](CC)N(C=O)OC(=O)c1ccccc1. The molecule has 6 aromatic rings. The van der Waals surface area contributed by atoms with E-state index in [0.29, 0.717) is 49.6 Å². The normalized spacial score (nSPS) is 12.1. The number of ether oxygens (including phenoxy) is 2. The molecule has 0 unspecified atom stereocenters. The van der Waals surface area contributed by atoms with Gasteiger partial charge in [0, 0.05) is 15.7 Å². The molecule has 0 bridgehead atoms. The topological polar surface area (TPSA) is 348 Å². The zero-order chi connectivity index (χ0) is 69.4. The summed E-state index contributed by atoms with van der Waals surface area (Å²) in [7, 11) is -2.88. The molecular formula is C68H82N8O19P+. The van der Waals surface area contributed by atoms with Crippen molar-refractivity contribution >= 4 is 68.5 Å². The zero-order valence-corrected chi connectivity index (χ0v) is 55.3. The van der Waals surface area contributed by atoms with Gasteiger partial charge in [-0.1, -0.05) is 124 Å². The number of hydrogen-bond donors (Lipinski definition) is 6. The van der Waals surface area contributed by atoms with Gasteiger partial charge in [-0.3, -0.25) is 38.4 Å². The minimum absolute atomic E-state index is 0.0747. The predicted octanol–water partition coefficient (Wildman–Crippen LogP) is 9.79. The lowest BCUT2D eigenvalue weighted by Gasteiger charge is -2.31. The van der Waals surface area contributed by atoms with Gasteiger partial charge in [-0.15, -0.1) is 0 Å². The van der Waals surface area contributed by atoms with Gasteiger partial charge < -0.3 is 59.9 Å². The Labute approximate surface area is 556 Å². The maximum atomic E-state index is 13.7. The highest BCUT2D eigenvalue weighted by Crippen LogP contribution is 2.32. The fourth-order valence-corrected chi connectivity index (χ4v) is 10.6. The second-order valence-corrected chi connectivity index (χ2v) is 22.4. The van der Waals surface area contributed by atoms with Gasteiger partial charge in [0.05, 0.1) is 72.7 Å². The van der Waals surface area contributed by atoms with Gasteiger partial charge in [0.25, 0.3) is 23.6 Å². The van der Waals surface area contributed by atoms with Crippen LogP contribution in [0.1, 0.15) is 168 Å². The Morgan fingerprint density at radius 1 is 0.479 bits per heavy atom. The average molecular weight is 1350 g/mol. The molecule has 0 aliphatic rings. The van der Waals surface area contributed by atoms with E-state index in [1.807, 2.05) is 13.8 Å². The first-order chi connectivity index (χ1) is 46.5. The van der Waals surface area contributed by atoms with E-state index < -0.39 is 93.0 Å². The summed E-state index contributed by atoms with van der Waals surface area (Å²) in [5, 5.41) is 17.3. The van der Waals surface area contributed by atoms with Crippen molar-refractivity contribution in [1.82, 2.24) is 42.0 Å². The molecule has 2 heterocycles. The number of hydroxylamine groups is 4. The van der Waals surface area contributed by atoms with Gasteiger partial charge in [-0.25, -0.2) is 9.59 Å². The number of nitrogens with zero attached hydrogens (tertiary/aromatic N) is 2. The molecule has 0 radical (unpaired) electrons. The molecule has 0 aliphatic carbocycles. The zero-order valence-electron chi connectivity index (χ0n) is 54.4. The summed E-state index contributed by atoms with van der Waals surface area (Å²) >= 11 is 0. The molecule has 8 amide bonds. The van der Waals surface area contributed by atoms with Gasteiger partial charge in [-0.2, -0.15) is 10.1 Å². The Hall–Kier alpha value is -10.2. The van der Waals surface area contributed by atoms with Crippen LogP contribution in [0.15, 0.2) is 130 Å². The number of benzene rings is 4. The third kappa shape index (κ3) is 21.9. The first-order valence-electron chi connectivity index (χ1n) is 31.7. The smallest absolute Gasteiger partial charge is 0.493 e. The lowest BCUT2D eigenvalue weighted by Crippen LogP contribution is -2.49. The highest BCUT2D eigenvalue weighted by Gasteiger charge is 2.36. The Morgan fingerprint density at radius 2 is 0.875 bits per heavy atom. The largest absolute Gasteiger partial charge is 0.701 e. The van der Waals surface area contributed by atoms with E-state index in [1.54, 1.807) is 100 Å². The highest BCUT2D eigenvalue weighted by molar-refractivity contribution is 7.33. The first-order valence-corrected chi connectivity index (χ1v) is 32.8. The van der Waals surface area contributed by atoms with E-state index in [9.17, 15) is 52.5 Å². The standard InChI is InChI=1S/C68H81N8O19P/c1-7-13-17-27-49(53(9-3)75(43-77)94-67(85)45-23-19-15-20-24-45)61(79)69-39-71-65(83)57-35-33-55(92-57)47-29-31-51(59(37-47)88-11-5)63(81)73-41-90-96(87)91-42-74-64(82)52-32-30-48(38-60(52)89-12-6)56-34-36-58(93-56)66(84)72-40-70-62(80)50(28-18-14-8-2)54(10-4)76(44-78)95-68(86)46-25-21-16-22-26-46/h15-16,19-26,29-38,43-44,49-50,53-54H,7-14,17-18,27-28,39-42H2,1-6H3,(H5-,69,70,71,72,73,74,79,80,81,82,83,84)/p+1/t49-,50-,53-,54-/m1/s1. The fourth-order valence-electron chi connectivity index (χ4n) is 10.2. The quantitative estimate of drug-likeness (QED) is 0.00682. The minimum atomic E-state index is -2.88. The van der Waals surface area contributed by atoms with Crippen LogP contribution in [0.2, 0.25) is 0 Å². The lowest BCUT2D eigenvalue weighted by atomic mass is 9.90. The molecule has 0 fully saturated rings. The van der Waals surface area contributed by atoms with Crippen LogP contribution in [-0.2, 0) is 42.5 Å². The van der Waals surface area contributed by atoms with E-state index in [2.05, 4.69) is 31.9 Å². The van der Waals surface area contributed by atoms with Crippen LogP contribution in [0, 0.1) is 11.8 Å². The Kier molecular flexibility index (Phi) is 30.7. The molecule has 2 aromatic heterocycles. The van der Waals surface area contributed by atoms with Crippen molar-refractivity contribution < 1.29 is 89.5 Å². The van der Waals surface area contributed by atoms with E-state index >= 15 is 0 Å². The number of rotatable bonds is 42. The van der Waals surface area contributed by atoms with Gasteiger partial charge in [0.1, 0.15) is 23.0 Å². The molecule has 27 nitrogen and oxygen atoms in total. The summed E-state index contributed by atoms with van der Waals surface area (Å²) in [4.78, 5) is 142. The summed E-state index contributed by atoms with van der Waals surface area (Å²) in [6.07, 6.45) is 6.81. The van der Waals surface area contributed by atoms with Crippen LogP contribution in [0.5, 0.6) is 11.5 Å². The number of nitrogens with one attached hydrogen (secondary N) is 6.